The Morgan fingerprint density at radius 1 is 1.58 bits per heavy atom. The van der Waals surface area contributed by atoms with E-state index in [4.69, 9.17) is 0 Å². The van der Waals surface area contributed by atoms with Gasteiger partial charge >= 0.3 is 0 Å². The van der Waals surface area contributed by atoms with Gasteiger partial charge in [0.15, 0.2) is 5.78 Å². The maximum Gasteiger partial charge on any atom is 0.182 e. The molecule has 3 heteroatoms. The van der Waals surface area contributed by atoms with Crippen molar-refractivity contribution < 1.29 is 4.79 Å². The second-order valence-corrected chi connectivity index (χ2v) is 4.19. The zero-order valence-electron chi connectivity index (χ0n) is 6.64. The van der Waals surface area contributed by atoms with E-state index in [1.807, 2.05) is 6.08 Å². The fourth-order valence-electron chi connectivity index (χ4n) is 1.57. The summed E-state index contributed by atoms with van der Waals surface area (Å²) in [4.78, 5) is 11.7. The van der Waals surface area contributed by atoms with Crippen molar-refractivity contribution in [1.82, 2.24) is 5.32 Å². The van der Waals surface area contributed by atoms with E-state index >= 15 is 0 Å². The highest BCUT2D eigenvalue weighted by atomic mass is 79.9. The Kier molecular flexibility index (Phi) is 2.05. The van der Waals surface area contributed by atoms with Crippen LogP contribution in [-0.2, 0) is 4.79 Å². The lowest BCUT2D eigenvalue weighted by atomic mass is 9.95. The largest absolute Gasteiger partial charge is 0.370 e. The van der Waals surface area contributed by atoms with Crippen LogP contribution in [0.1, 0.15) is 19.3 Å². The topological polar surface area (TPSA) is 29.1 Å². The van der Waals surface area contributed by atoms with Gasteiger partial charge in [-0.25, -0.2) is 0 Å². The second-order valence-electron chi connectivity index (χ2n) is 3.08. The first-order chi connectivity index (χ1) is 5.77. The van der Waals surface area contributed by atoms with Gasteiger partial charge in [-0.05, 0) is 18.4 Å². The van der Waals surface area contributed by atoms with E-state index in [1.165, 1.54) is 5.57 Å². The van der Waals surface area contributed by atoms with Gasteiger partial charge in [0.25, 0.3) is 0 Å². The van der Waals surface area contributed by atoms with E-state index < -0.39 is 0 Å². The first-order valence-electron chi connectivity index (χ1n) is 4.11. The summed E-state index contributed by atoms with van der Waals surface area (Å²) in [6.07, 6.45) is 6.60. The predicted molar refractivity (Wildman–Crippen MR) is 50.9 cm³/mol. The molecule has 0 bridgehead atoms. The van der Waals surface area contributed by atoms with Crippen LogP contribution in [0.3, 0.4) is 0 Å². The van der Waals surface area contributed by atoms with Crippen molar-refractivity contribution in [1.29, 1.82) is 0 Å². The molecule has 1 N–H and O–H groups in total. The first-order valence-corrected chi connectivity index (χ1v) is 5.02. The average molecular weight is 228 g/mol. The summed E-state index contributed by atoms with van der Waals surface area (Å²) in [5.74, 6) is 0.219. The van der Waals surface area contributed by atoms with Crippen molar-refractivity contribution in [3.05, 3.63) is 23.4 Å². The van der Waals surface area contributed by atoms with Crippen LogP contribution in [0.4, 0.5) is 0 Å². The summed E-state index contributed by atoms with van der Waals surface area (Å²) in [6, 6.07) is 0. The molecule has 0 aromatic rings. The minimum absolute atomic E-state index is 0.219. The molecule has 1 atom stereocenters. The van der Waals surface area contributed by atoms with Gasteiger partial charge in [0.05, 0.1) is 10.6 Å². The SMILES string of the molecule is O=C1CC=CC2=C1NC(Br)CC2. The van der Waals surface area contributed by atoms with E-state index in [-0.39, 0.29) is 10.7 Å². The highest BCUT2D eigenvalue weighted by molar-refractivity contribution is 9.09. The summed E-state index contributed by atoms with van der Waals surface area (Å²) in [6.45, 7) is 0. The van der Waals surface area contributed by atoms with E-state index in [0.29, 0.717) is 6.42 Å². The quantitative estimate of drug-likeness (QED) is 0.506. The van der Waals surface area contributed by atoms with Gasteiger partial charge < -0.3 is 5.32 Å². The zero-order chi connectivity index (χ0) is 8.55. The molecular formula is C9H10BrNO. The zero-order valence-corrected chi connectivity index (χ0v) is 8.23. The number of carbonyl (C=O) groups excluding carboxylic acids is 1. The molecule has 1 unspecified atom stereocenters. The molecule has 64 valence electrons. The number of carbonyl (C=O) groups is 1. The van der Waals surface area contributed by atoms with Crippen LogP contribution < -0.4 is 5.32 Å². The van der Waals surface area contributed by atoms with Crippen molar-refractivity contribution in [3.8, 4) is 0 Å². The number of alkyl halides is 1. The molecule has 1 aliphatic heterocycles. The molecule has 12 heavy (non-hydrogen) atoms. The van der Waals surface area contributed by atoms with Crippen molar-refractivity contribution in [2.24, 2.45) is 0 Å². The number of ketones is 1. The Morgan fingerprint density at radius 3 is 3.25 bits per heavy atom. The Labute approximate surface area is 79.8 Å². The second kappa shape index (κ2) is 3.05. The van der Waals surface area contributed by atoms with Gasteiger partial charge in [-0.1, -0.05) is 28.1 Å². The third kappa shape index (κ3) is 1.33. The molecule has 1 heterocycles. The fraction of sp³-hybridized carbons (Fsp3) is 0.444. The molecule has 0 radical (unpaired) electrons. The molecule has 0 fully saturated rings. The maximum absolute atomic E-state index is 11.4. The molecule has 2 aliphatic rings. The van der Waals surface area contributed by atoms with Crippen molar-refractivity contribution >= 4 is 21.7 Å². The normalized spacial score (nSPS) is 28.4. The van der Waals surface area contributed by atoms with E-state index in [0.717, 1.165) is 18.5 Å². The molecule has 2 rings (SSSR count). The predicted octanol–water partition coefficient (Wildman–Crippen LogP) is 1.87. The lowest BCUT2D eigenvalue weighted by molar-refractivity contribution is -0.115. The summed E-state index contributed by atoms with van der Waals surface area (Å²) < 4.78 is 0. The van der Waals surface area contributed by atoms with Crippen LogP contribution >= 0.6 is 15.9 Å². The van der Waals surface area contributed by atoms with Crippen LogP contribution in [-0.4, -0.2) is 10.7 Å². The summed E-state index contributed by atoms with van der Waals surface area (Å²) in [5, 5.41) is 3.16. The standard InChI is InChI=1S/C9H10BrNO/c10-8-5-4-6-2-1-3-7(12)9(6)11-8/h1-2,8,11H,3-5H2. The minimum atomic E-state index is 0.219. The number of Topliss-reactive ketones (excluding diaryl/α,β-unsaturated/α-hetero) is 1. The first kappa shape index (κ1) is 8.05. The van der Waals surface area contributed by atoms with Crippen LogP contribution in [0.25, 0.3) is 0 Å². The number of hydrogen-bond donors (Lipinski definition) is 1. The van der Waals surface area contributed by atoms with Crippen molar-refractivity contribution in [2.75, 3.05) is 0 Å². The summed E-state index contributed by atoms with van der Waals surface area (Å²) >= 11 is 3.46. The molecule has 2 nitrogen and oxygen atoms in total. The minimum Gasteiger partial charge on any atom is -0.370 e. The number of hydrogen-bond acceptors (Lipinski definition) is 2. The third-order valence-corrected chi connectivity index (χ3v) is 2.88. The Bertz CT molecular complexity index is 280. The molecular weight excluding hydrogens is 218 g/mol. The molecule has 1 aliphatic carbocycles. The van der Waals surface area contributed by atoms with E-state index in [1.54, 1.807) is 0 Å². The van der Waals surface area contributed by atoms with Gasteiger partial charge in [-0.3, -0.25) is 4.79 Å². The van der Waals surface area contributed by atoms with Gasteiger partial charge in [-0.2, -0.15) is 0 Å². The van der Waals surface area contributed by atoms with Gasteiger partial charge in [-0.15, -0.1) is 0 Å². The van der Waals surface area contributed by atoms with Crippen molar-refractivity contribution in [3.63, 3.8) is 0 Å². The van der Waals surface area contributed by atoms with E-state index in [2.05, 4.69) is 27.3 Å². The van der Waals surface area contributed by atoms with Crippen LogP contribution in [0.2, 0.25) is 0 Å². The molecule has 0 amide bonds. The molecule has 0 spiro atoms. The van der Waals surface area contributed by atoms with Crippen LogP contribution in [0, 0.1) is 0 Å². The molecule has 0 saturated carbocycles. The number of rotatable bonds is 0. The monoisotopic (exact) mass is 227 g/mol. The van der Waals surface area contributed by atoms with Gasteiger partial charge in [0.2, 0.25) is 0 Å². The van der Waals surface area contributed by atoms with Gasteiger partial charge in [0.1, 0.15) is 0 Å². The Hall–Kier alpha value is -0.570. The van der Waals surface area contributed by atoms with Crippen molar-refractivity contribution in [2.45, 2.75) is 24.2 Å². The lowest BCUT2D eigenvalue weighted by Crippen LogP contribution is -2.33. The van der Waals surface area contributed by atoms with Gasteiger partial charge in [0, 0.05) is 6.42 Å². The summed E-state index contributed by atoms with van der Waals surface area (Å²) in [5.41, 5.74) is 1.99. The lowest BCUT2D eigenvalue weighted by Gasteiger charge is -2.25. The van der Waals surface area contributed by atoms with E-state index in [9.17, 15) is 4.79 Å². The average Bonchev–Trinajstić information content (AvgIpc) is 2.07. The van der Waals surface area contributed by atoms with Crippen LogP contribution in [0.5, 0.6) is 0 Å². The highest BCUT2D eigenvalue weighted by Gasteiger charge is 2.22. The highest BCUT2D eigenvalue weighted by Crippen LogP contribution is 2.26. The summed E-state index contributed by atoms with van der Waals surface area (Å²) in [7, 11) is 0. The van der Waals surface area contributed by atoms with Crippen LogP contribution in [0.15, 0.2) is 23.4 Å². The maximum atomic E-state index is 11.4. The third-order valence-electron chi connectivity index (χ3n) is 2.19. The molecule has 0 aromatic carbocycles. The number of nitrogens with one attached hydrogen (secondary N) is 1. The fourth-order valence-corrected chi connectivity index (χ4v) is 2.02. The molecule has 0 saturated heterocycles. The molecule has 0 aromatic heterocycles. The number of allylic oxidation sites excluding steroid dienone is 4. The Morgan fingerprint density at radius 2 is 2.42 bits per heavy atom. The number of halogens is 1. The smallest absolute Gasteiger partial charge is 0.182 e. The Balaban J connectivity index is 2.31.